The summed E-state index contributed by atoms with van der Waals surface area (Å²) in [6.45, 7) is 0.231. The van der Waals surface area contributed by atoms with E-state index in [1.54, 1.807) is 7.11 Å². The number of hydrogen-bond acceptors (Lipinski definition) is 8. The van der Waals surface area contributed by atoms with Crippen molar-refractivity contribution in [1.82, 2.24) is 20.4 Å². The fourth-order valence-electron chi connectivity index (χ4n) is 4.83. The molecule has 10 nitrogen and oxygen atoms in total. The van der Waals surface area contributed by atoms with Crippen LogP contribution in [0.15, 0.2) is 40.8 Å². The quantitative estimate of drug-likeness (QED) is 0.487. The summed E-state index contributed by atoms with van der Waals surface area (Å²) in [6, 6.07) is 10.6. The highest BCUT2D eigenvalue weighted by molar-refractivity contribution is 6.32. The lowest BCUT2D eigenvalue weighted by molar-refractivity contribution is -0.136. The van der Waals surface area contributed by atoms with Gasteiger partial charge in [0.05, 0.1) is 12.6 Å². The van der Waals surface area contributed by atoms with Gasteiger partial charge >= 0.3 is 6.01 Å². The minimum Gasteiger partial charge on any atom is -0.497 e. The van der Waals surface area contributed by atoms with Crippen LogP contribution in [0.3, 0.4) is 0 Å². The molecule has 1 saturated carbocycles. The molecule has 0 bridgehead atoms. The predicted octanol–water partition coefficient (Wildman–Crippen LogP) is 3.26. The first-order chi connectivity index (χ1) is 17.4. The number of halogens is 1. The maximum Gasteiger partial charge on any atom is 0.316 e. The number of anilines is 1. The summed E-state index contributed by atoms with van der Waals surface area (Å²) in [5, 5.41) is 14.4. The van der Waals surface area contributed by atoms with E-state index >= 15 is 0 Å². The van der Waals surface area contributed by atoms with Crippen LogP contribution in [0.25, 0.3) is 11.5 Å². The van der Waals surface area contributed by atoms with E-state index in [2.05, 4.69) is 20.8 Å². The second-order valence-corrected chi connectivity index (χ2v) is 9.64. The number of fused-ring (bicyclic) bond motifs is 1. The van der Waals surface area contributed by atoms with E-state index in [4.69, 9.17) is 20.8 Å². The highest BCUT2D eigenvalue weighted by Gasteiger charge is 2.48. The van der Waals surface area contributed by atoms with Gasteiger partial charge in [-0.1, -0.05) is 16.7 Å². The molecule has 3 amide bonds. The number of ether oxygens (including phenoxy) is 1. The summed E-state index contributed by atoms with van der Waals surface area (Å²) >= 11 is 6.63. The Labute approximate surface area is 211 Å². The highest BCUT2D eigenvalue weighted by Crippen LogP contribution is 2.50. The van der Waals surface area contributed by atoms with Crippen molar-refractivity contribution in [3.63, 3.8) is 0 Å². The average molecular weight is 508 g/mol. The van der Waals surface area contributed by atoms with Gasteiger partial charge in [-0.05, 0) is 61.2 Å². The Balaban J connectivity index is 1.23. The van der Waals surface area contributed by atoms with Crippen molar-refractivity contribution in [1.29, 1.82) is 0 Å². The van der Waals surface area contributed by atoms with Gasteiger partial charge in [0.1, 0.15) is 11.8 Å². The number of aromatic nitrogens is 2. The van der Waals surface area contributed by atoms with Gasteiger partial charge in [0, 0.05) is 34.7 Å². The van der Waals surface area contributed by atoms with Gasteiger partial charge in [-0.2, -0.15) is 0 Å². The lowest BCUT2D eigenvalue weighted by atomic mass is 9.99. The molecule has 2 N–H and O–H groups in total. The number of rotatable bonds is 6. The number of hydrogen-bond donors (Lipinski definition) is 2. The molecule has 1 saturated heterocycles. The number of carbonyl (C=O) groups is 3. The minimum atomic E-state index is -0.690. The number of nitrogens with zero attached hydrogens (tertiary/aromatic N) is 3. The summed E-state index contributed by atoms with van der Waals surface area (Å²) in [7, 11) is 1.60. The molecule has 6 rings (SSSR count). The summed E-state index contributed by atoms with van der Waals surface area (Å²) < 4.78 is 11.0. The predicted molar refractivity (Wildman–Crippen MR) is 128 cm³/mol. The zero-order chi connectivity index (χ0) is 25.0. The van der Waals surface area contributed by atoms with Crippen molar-refractivity contribution in [2.24, 2.45) is 0 Å². The Bertz CT molecular complexity index is 1400. The van der Waals surface area contributed by atoms with Crippen LogP contribution in [0.4, 0.5) is 6.01 Å². The molecule has 2 aliphatic heterocycles. The summed E-state index contributed by atoms with van der Waals surface area (Å²) in [4.78, 5) is 38.6. The van der Waals surface area contributed by atoms with E-state index in [0.29, 0.717) is 28.5 Å². The molecular formula is C25H22ClN5O5. The molecule has 2 fully saturated rings. The lowest BCUT2D eigenvalue weighted by Gasteiger charge is -2.29. The van der Waals surface area contributed by atoms with Crippen LogP contribution in [0.5, 0.6) is 5.75 Å². The van der Waals surface area contributed by atoms with Crippen molar-refractivity contribution in [2.75, 3.05) is 12.4 Å². The number of nitrogens with one attached hydrogen (secondary N) is 2. The highest BCUT2D eigenvalue weighted by atomic mass is 35.5. The van der Waals surface area contributed by atoms with Crippen molar-refractivity contribution >= 4 is 35.3 Å². The molecule has 0 radical (unpaired) electrons. The Morgan fingerprint density at radius 3 is 2.64 bits per heavy atom. The van der Waals surface area contributed by atoms with Crippen LogP contribution < -0.4 is 15.4 Å². The fraction of sp³-hybridized carbons (Fsp3) is 0.320. The van der Waals surface area contributed by atoms with E-state index < -0.39 is 17.5 Å². The molecule has 2 aromatic carbocycles. The van der Waals surface area contributed by atoms with Crippen molar-refractivity contribution in [3.05, 3.63) is 58.1 Å². The maximum absolute atomic E-state index is 13.3. The van der Waals surface area contributed by atoms with E-state index in [-0.39, 0.29) is 30.8 Å². The molecule has 3 heterocycles. The third-order valence-electron chi connectivity index (χ3n) is 7.01. The summed E-state index contributed by atoms with van der Waals surface area (Å²) in [5.74, 6) is 0.0659. The molecule has 11 heteroatoms. The number of benzene rings is 2. The topological polar surface area (TPSA) is 127 Å². The summed E-state index contributed by atoms with van der Waals surface area (Å²) in [6.07, 6.45) is 2.10. The zero-order valence-corrected chi connectivity index (χ0v) is 20.1. The van der Waals surface area contributed by atoms with Gasteiger partial charge < -0.3 is 19.4 Å². The molecular weight excluding hydrogens is 486 g/mol. The Morgan fingerprint density at radius 1 is 1.17 bits per heavy atom. The number of carbonyl (C=O) groups excluding carboxylic acids is 3. The monoisotopic (exact) mass is 507 g/mol. The Hall–Kier alpha value is -3.92. The van der Waals surface area contributed by atoms with E-state index in [9.17, 15) is 14.4 Å². The van der Waals surface area contributed by atoms with Crippen LogP contribution >= 0.6 is 11.6 Å². The van der Waals surface area contributed by atoms with Gasteiger partial charge in [-0.15, -0.1) is 5.10 Å². The molecule has 1 atom stereocenters. The van der Waals surface area contributed by atoms with Crippen LogP contribution in [-0.2, 0) is 21.7 Å². The van der Waals surface area contributed by atoms with Crippen LogP contribution in [0.1, 0.15) is 47.2 Å². The van der Waals surface area contributed by atoms with Crippen molar-refractivity contribution in [3.8, 4) is 17.2 Å². The van der Waals surface area contributed by atoms with Crippen LogP contribution in [0.2, 0.25) is 5.02 Å². The average Bonchev–Trinajstić information content (AvgIpc) is 3.37. The largest absolute Gasteiger partial charge is 0.497 e. The van der Waals surface area contributed by atoms with Crippen LogP contribution in [0, 0.1) is 0 Å². The van der Waals surface area contributed by atoms with E-state index in [1.807, 2.05) is 36.4 Å². The van der Waals surface area contributed by atoms with Crippen LogP contribution in [-0.4, -0.2) is 46.0 Å². The minimum absolute atomic E-state index is 0.200. The number of imide groups is 1. The van der Waals surface area contributed by atoms with Gasteiger partial charge in [0.15, 0.2) is 0 Å². The molecule has 0 spiro atoms. The second kappa shape index (κ2) is 8.34. The first-order valence-electron chi connectivity index (χ1n) is 11.6. The summed E-state index contributed by atoms with van der Waals surface area (Å²) in [5.41, 5.74) is 2.28. The van der Waals surface area contributed by atoms with Gasteiger partial charge in [-0.3, -0.25) is 19.7 Å². The Kier molecular flexibility index (Phi) is 5.22. The maximum atomic E-state index is 13.3. The van der Waals surface area contributed by atoms with Crippen molar-refractivity contribution in [2.45, 2.75) is 43.8 Å². The fourth-order valence-corrected chi connectivity index (χ4v) is 5.11. The molecule has 36 heavy (non-hydrogen) atoms. The third kappa shape index (κ3) is 3.78. The molecule has 3 aromatic rings. The first-order valence-corrected chi connectivity index (χ1v) is 12.0. The van der Waals surface area contributed by atoms with Gasteiger partial charge in [-0.25, -0.2) is 0 Å². The second-order valence-electron chi connectivity index (χ2n) is 9.23. The molecule has 1 aliphatic carbocycles. The number of amides is 3. The molecule has 1 aromatic heterocycles. The standard InChI is InChI=1S/C25H22ClN5O5/c1-35-15-4-2-13(3-5-15)22-29-30-24(36-22)28-25(8-9-25)14-10-16-17(18(26)11-14)12-31(23(16)34)19-6-7-20(32)27-21(19)33/h2-5,10-11,19H,6-9,12H2,1H3,(H,28,30)(H,27,32,33). The zero-order valence-electron chi connectivity index (χ0n) is 19.3. The molecule has 184 valence electrons. The molecule has 1 unspecified atom stereocenters. The van der Waals surface area contributed by atoms with Gasteiger partial charge in [0.25, 0.3) is 5.91 Å². The molecule has 3 aliphatic rings. The van der Waals surface area contributed by atoms with Crippen molar-refractivity contribution < 1.29 is 23.5 Å². The third-order valence-corrected chi connectivity index (χ3v) is 7.35. The van der Waals surface area contributed by atoms with E-state index in [0.717, 1.165) is 29.7 Å². The Morgan fingerprint density at radius 2 is 1.94 bits per heavy atom. The normalized spacial score (nSPS) is 20.2. The smallest absolute Gasteiger partial charge is 0.316 e. The lowest BCUT2D eigenvalue weighted by Crippen LogP contribution is -2.52. The van der Waals surface area contributed by atoms with E-state index in [1.165, 1.54) is 4.90 Å². The number of methoxy groups -OCH3 is 1. The first kappa shape index (κ1) is 22.5. The SMILES string of the molecule is COc1ccc(-c2nnc(NC3(c4cc(Cl)c5c(c4)C(=O)N(C4CCC(=O)NC4=O)C5)CC3)o2)cc1. The number of piperidine rings is 1. The van der Waals surface area contributed by atoms with Gasteiger partial charge in [0.2, 0.25) is 17.7 Å².